The van der Waals surface area contributed by atoms with Crippen molar-refractivity contribution in [2.45, 2.75) is 52.0 Å². The SMILES string of the molecule is CCc1cc2nc(CN3CC=C(c4ccc(F)c(OCc5ccc(Cl)cc5F)n4)CC3)n(C[C@@H]3CCO3)c2s1. The first-order valence-electron chi connectivity index (χ1n) is 13.2. The third-order valence-electron chi connectivity index (χ3n) is 7.26. The molecule has 39 heavy (non-hydrogen) atoms. The predicted octanol–water partition coefficient (Wildman–Crippen LogP) is 6.64. The Morgan fingerprint density at radius 3 is 2.74 bits per heavy atom. The third kappa shape index (κ3) is 5.72. The molecule has 2 aliphatic rings. The second-order valence-corrected chi connectivity index (χ2v) is 11.5. The van der Waals surface area contributed by atoms with Crippen molar-refractivity contribution in [2.75, 3.05) is 19.7 Å². The molecule has 0 bridgehead atoms. The number of thiophene rings is 1. The number of imidazole rings is 1. The fourth-order valence-electron chi connectivity index (χ4n) is 4.90. The van der Waals surface area contributed by atoms with Crippen molar-refractivity contribution in [3.05, 3.63) is 81.1 Å². The van der Waals surface area contributed by atoms with Crippen LogP contribution >= 0.6 is 22.9 Å². The van der Waals surface area contributed by atoms with E-state index in [1.54, 1.807) is 12.1 Å². The molecular formula is C29H29ClF2N4O2S. The zero-order chi connectivity index (χ0) is 26.9. The molecule has 3 aromatic heterocycles. The van der Waals surface area contributed by atoms with Crippen LogP contribution in [-0.4, -0.2) is 45.2 Å². The van der Waals surface area contributed by atoms with Crippen LogP contribution in [0.2, 0.25) is 5.02 Å². The van der Waals surface area contributed by atoms with Crippen LogP contribution in [0.3, 0.4) is 0 Å². The summed E-state index contributed by atoms with van der Waals surface area (Å²) in [6, 6.07) is 9.52. The molecule has 5 heterocycles. The summed E-state index contributed by atoms with van der Waals surface area (Å²) in [6.45, 7) is 6.03. The lowest BCUT2D eigenvalue weighted by Crippen LogP contribution is -2.33. The van der Waals surface area contributed by atoms with Crippen LogP contribution in [0.4, 0.5) is 8.78 Å². The molecule has 0 N–H and O–H groups in total. The molecule has 1 fully saturated rings. The zero-order valence-corrected chi connectivity index (χ0v) is 23.2. The molecule has 6 nitrogen and oxygen atoms in total. The molecule has 0 radical (unpaired) electrons. The number of fused-ring (bicyclic) bond motifs is 1. The number of rotatable bonds is 9. The summed E-state index contributed by atoms with van der Waals surface area (Å²) >= 11 is 7.63. The summed E-state index contributed by atoms with van der Waals surface area (Å²) < 4.78 is 42.1. The minimum atomic E-state index is -0.584. The number of aromatic nitrogens is 3. The molecule has 1 aromatic carbocycles. The Balaban J connectivity index is 1.14. The maximum absolute atomic E-state index is 14.4. The Bertz CT molecular complexity index is 1530. The van der Waals surface area contributed by atoms with Crippen molar-refractivity contribution < 1.29 is 18.3 Å². The normalized spacial score (nSPS) is 17.8. The van der Waals surface area contributed by atoms with Gasteiger partial charge in [0.15, 0.2) is 5.82 Å². The first-order valence-corrected chi connectivity index (χ1v) is 14.4. The lowest BCUT2D eigenvalue weighted by Gasteiger charge is -2.29. The molecule has 204 valence electrons. The highest BCUT2D eigenvalue weighted by molar-refractivity contribution is 7.18. The first-order chi connectivity index (χ1) is 19.0. The number of halogens is 3. The van der Waals surface area contributed by atoms with E-state index in [0.717, 1.165) is 69.0 Å². The van der Waals surface area contributed by atoms with Gasteiger partial charge in [0.05, 0.1) is 24.9 Å². The monoisotopic (exact) mass is 570 g/mol. The Labute approximate surface area is 234 Å². The molecule has 10 heteroatoms. The number of benzene rings is 1. The highest BCUT2D eigenvalue weighted by Crippen LogP contribution is 2.31. The van der Waals surface area contributed by atoms with Crippen molar-refractivity contribution in [3.63, 3.8) is 0 Å². The number of hydrogen-bond acceptors (Lipinski definition) is 6. The average molecular weight is 571 g/mol. The van der Waals surface area contributed by atoms with Crippen molar-refractivity contribution in [2.24, 2.45) is 0 Å². The molecule has 4 aromatic rings. The average Bonchev–Trinajstić information content (AvgIpc) is 3.44. The van der Waals surface area contributed by atoms with E-state index in [0.29, 0.717) is 10.7 Å². The number of hydrogen-bond donors (Lipinski definition) is 0. The number of aryl methyl sites for hydroxylation is 1. The quantitative estimate of drug-likeness (QED) is 0.226. The highest BCUT2D eigenvalue weighted by atomic mass is 35.5. The molecule has 2 aliphatic heterocycles. The Hall–Kier alpha value is -2.85. The van der Waals surface area contributed by atoms with Crippen molar-refractivity contribution in [1.29, 1.82) is 0 Å². The smallest absolute Gasteiger partial charge is 0.251 e. The van der Waals surface area contributed by atoms with Crippen molar-refractivity contribution >= 4 is 38.9 Å². The number of nitrogens with zero attached hydrogens (tertiary/aromatic N) is 4. The Kier molecular flexibility index (Phi) is 7.66. The van der Waals surface area contributed by atoms with Crippen LogP contribution in [0.5, 0.6) is 5.88 Å². The Morgan fingerprint density at radius 1 is 1.15 bits per heavy atom. The summed E-state index contributed by atoms with van der Waals surface area (Å²) in [5, 5.41) is 0.294. The molecule has 6 rings (SSSR count). The van der Waals surface area contributed by atoms with Crippen LogP contribution in [0, 0.1) is 11.6 Å². The van der Waals surface area contributed by atoms with Gasteiger partial charge in [0.2, 0.25) is 0 Å². The summed E-state index contributed by atoms with van der Waals surface area (Å²) in [7, 11) is 0. The van der Waals surface area contributed by atoms with E-state index in [4.69, 9.17) is 26.1 Å². The zero-order valence-electron chi connectivity index (χ0n) is 21.6. The van der Waals surface area contributed by atoms with Gasteiger partial charge in [-0.3, -0.25) is 4.90 Å². The van der Waals surface area contributed by atoms with E-state index >= 15 is 0 Å². The molecule has 1 saturated heterocycles. The minimum absolute atomic E-state index is 0.140. The van der Waals surface area contributed by atoms with Gasteiger partial charge >= 0.3 is 0 Å². The second-order valence-electron chi connectivity index (χ2n) is 9.90. The van der Waals surface area contributed by atoms with E-state index in [1.165, 1.54) is 27.9 Å². The van der Waals surface area contributed by atoms with E-state index in [9.17, 15) is 8.78 Å². The molecule has 1 atom stereocenters. The van der Waals surface area contributed by atoms with Crippen LogP contribution in [0.15, 0.2) is 42.5 Å². The van der Waals surface area contributed by atoms with Gasteiger partial charge in [0, 0.05) is 35.2 Å². The van der Waals surface area contributed by atoms with E-state index < -0.39 is 11.6 Å². The largest absolute Gasteiger partial charge is 0.471 e. The van der Waals surface area contributed by atoms with Gasteiger partial charge in [0.25, 0.3) is 5.88 Å². The van der Waals surface area contributed by atoms with Gasteiger partial charge in [0.1, 0.15) is 28.6 Å². The standard InChI is InChI=1S/C29H29ClF2N4O2S/c1-2-22-14-26-29(39-22)36(15-21-9-12-37-21)27(33-26)16-35-10-7-18(8-11-35)25-6-5-23(31)28(34-25)38-17-19-3-4-20(30)13-24(19)32/h3-7,13-14,21H,2,8-12,15-17H2,1H3/t21-/m0/s1. The Morgan fingerprint density at radius 2 is 2.03 bits per heavy atom. The van der Waals surface area contributed by atoms with Crippen LogP contribution in [0.25, 0.3) is 15.9 Å². The summed E-state index contributed by atoms with van der Waals surface area (Å²) in [4.78, 5) is 14.3. The number of ether oxygens (including phenoxy) is 2. The molecule has 0 spiro atoms. The van der Waals surface area contributed by atoms with Crippen LogP contribution in [-0.2, 0) is 30.9 Å². The maximum atomic E-state index is 14.4. The summed E-state index contributed by atoms with van der Waals surface area (Å²) in [5.41, 5.74) is 3.06. The van der Waals surface area contributed by atoms with Gasteiger partial charge in [-0.15, -0.1) is 11.3 Å². The number of pyridine rings is 1. The van der Waals surface area contributed by atoms with Crippen LogP contribution < -0.4 is 4.74 Å². The molecule has 0 unspecified atom stereocenters. The van der Waals surface area contributed by atoms with Crippen molar-refractivity contribution in [3.8, 4) is 5.88 Å². The molecule has 0 aliphatic carbocycles. The lowest BCUT2D eigenvalue weighted by molar-refractivity contribution is -0.0591. The first kappa shape index (κ1) is 26.4. The third-order valence-corrected chi connectivity index (χ3v) is 8.79. The van der Waals surface area contributed by atoms with E-state index in [1.807, 2.05) is 11.3 Å². The molecule has 0 amide bonds. The molecule has 0 saturated carbocycles. The highest BCUT2D eigenvalue weighted by Gasteiger charge is 2.24. The van der Waals surface area contributed by atoms with Gasteiger partial charge in [-0.2, -0.15) is 0 Å². The maximum Gasteiger partial charge on any atom is 0.251 e. The summed E-state index contributed by atoms with van der Waals surface area (Å²) in [5.74, 6) is -0.159. The predicted molar refractivity (Wildman–Crippen MR) is 149 cm³/mol. The summed E-state index contributed by atoms with van der Waals surface area (Å²) in [6.07, 6.45) is 5.26. The van der Waals surface area contributed by atoms with E-state index in [-0.39, 0.29) is 24.2 Å². The van der Waals surface area contributed by atoms with Gasteiger partial charge < -0.3 is 14.0 Å². The van der Waals surface area contributed by atoms with Gasteiger partial charge in [-0.05, 0) is 55.2 Å². The topological polar surface area (TPSA) is 52.4 Å². The van der Waals surface area contributed by atoms with E-state index in [2.05, 4.69) is 33.5 Å². The van der Waals surface area contributed by atoms with Crippen LogP contribution in [0.1, 0.15) is 41.7 Å². The fraction of sp³-hybridized carbons (Fsp3) is 0.379. The second kappa shape index (κ2) is 11.3. The van der Waals surface area contributed by atoms with Gasteiger partial charge in [-0.25, -0.2) is 18.7 Å². The minimum Gasteiger partial charge on any atom is -0.471 e. The molecular weight excluding hydrogens is 542 g/mol. The lowest BCUT2D eigenvalue weighted by atomic mass is 10.0. The van der Waals surface area contributed by atoms with Crippen molar-refractivity contribution in [1.82, 2.24) is 19.4 Å². The fourth-order valence-corrected chi connectivity index (χ4v) is 6.12. The van der Waals surface area contributed by atoms with Gasteiger partial charge in [-0.1, -0.05) is 30.7 Å².